The highest BCUT2D eigenvalue weighted by atomic mass is 32.2. The van der Waals surface area contributed by atoms with Gasteiger partial charge < -0.3 is 5.11 Å². The number of hydrogen-bond donors (Lipinski definition) is 1. The molecule has 1 saturated heterocycles. The number of piperidine rings is 1. The van der Waals surface area contributed by atoms with Crippen LogP contribution in [-0.2, 0) is 14.8 Å². The van der Waals surface area contributed by atoms with E-state index in [1.807, 2.05) is 0 Å². The Morgan fingerprint density at radius 2 is 2.05 bits per heavy atom. The third-order valence-corrected chi connectivity index (χ3v) is 8.12. The molecule has 0 radical (unpaired) electrons. The van der Waals surface area contributed by atoms with Gasteiger partial charge in [0.2, 0.25) is 0 Å². The van der Waals surface area contributed by atoms with E-state index in [4.69, 9.17) is 0 Å². The van der Waals surface area contributed by atoms with E-state index in [-0.39, 0.29) is 4.21 Å². The van der Waals surface area contributed by atoms with Crippen molar-refractivity contribution < 1.29 is 22.7 Å². The van der Waals surface area contributed by atoms with Gasteiger partial charge in [-0.1, -0.05) is 24.2 Å². The van der Waals surface area contributed by atoms with Gasteiger partial charge in [-0.05, 0) is 37.8 Å². The van der Waals surface area contributed by atoms with Gasteiger partial charge in [0, 0.05) is 12.6 Å². The van der Waals surface area contributed by atoms with Crippen molar-refractivity contribution in [3.63, 3.8) is 0 Å². The maximum atomic E-state index is 13.2. The predicted molar refractivity (Wildman–Crippen MR) is 79.7 cm³/mol. The summed E-state index contributed by atoms with van der Waals surface area (Å²) >= 11 is 0.591. The molecule has 122 valence electrons. The number of carboxylic acid groups (broad SMARTS) is 1. The zero-order valence-electron chi connectivity index (χ0n) is 12.0. The van der Waals surface area contributed by atoms with Gasteiger partial charge in [0.1, 0.15) is 4.21 Å². The Labute approximate surface area is 132 Å². The molecule has 22 heavy (non-hydrogen) atoms. The van der Waals surface area contributed by atoms with E-state index in [0.717, 1.165) is 18.9 Å². The molecule has 1 aliphatic carbocycles. The third-order valence-electron chi connectivity index (χ3n) is 4.87. The van der Waals surface area contributed by atoms with Crippen molar-refractivity contribution in [3.05, 3.63) is 17.3 Å². The average molecular weight is 347 g/mol. The molecule has 1 aliphatic heterocycles. The topological polar surface area (TPSA) is 74.7 Å². The molecular weight excluding hydrogens is 329 g/mol. The van der Waals surface area contributed by atoms with Crippen molar-refractivity contribution in [2.75, 3.05) is 6.54 Å². The highest BCUT2D eigenvalue weighted by Crippen LogP contribution is 2.48. The standard InChI is InChI=1S/C14H18FNO4S2/c15-11-5-6-12(21-11)22(19,20)16-9-3-8-14(13(17)18)7-2-1-4-10(14)16/h5-6,10H,1-4,7-9H2,(H,17,18)/t10-,14-/m0/s1. The monoisotopic (exact) mass is 347 g/mol. The summed E-state index contributed by atoms with van der Waals surface area (Å²) < 4.78 is 40.1. The molecule has 1 N–H and O–H groups in total. The van der Waals surface area contributed by atoms with Crippen LogP contribution in [0.4, 0.5) is 4.39 Å². The Balaban J connectivity index is 2.01. The van der Waals surface area contributed by atoms with Gasteiger partial charge in [0.25, 0.3) is 10.0 Å². The Hall–Kier alpha value is -0.990. The van der Waals surface area contributed by atoms with Gasteiger partial charge in [0.05, 0.1) is 5.41 Å². The largest absolute Gasteiger partial charge is 0.481 e. The van der Waals surface area contributed by atoms with Crippen molar-refractivity contribution in [1.82, 2.24) is 4.31 Å². The number of fused-ring (bicyclic) bond motifs is 1. The van der Waals surface area contributed by atoms with Gasteiger partial charge in [-0.15, -0.1) is 0 Å². The van der Waals surface area contributed by atoms with Crippen molar-refractivity contribution in [2.24, 2.45) is 5.41 Å². The second kappa shape index (κ2) is 5.58. The molecule has 8 heteroatoms. The van der Waals surface area contributed by atoms with Crippen LogP contribution in [0.15, 0.2) is 16.3 Å². The van der Waals surface area contributed by atoms with Crippen LogP contribution < -0.4 is 0 Å². The number of hydrogen-bond acceptors (Lipinski definition) is 4. The molecule has 0 unspecified atom stereocenters. The lowest BCUT2D eigenvalue weighted by Crippen LogP contribution is -2.58. The number of nitrogens with zero attached hydrogens (tertiary/aromatic N) is 1. The third kappa shape index (κ3) is 2.37. The number of carbonyl (C=O) groups is 1. The fraction of sp³-hybridized carbons (Fsp3) is 0.643. The highest BCUT2D eigenvalue weighted by molar-refractivity contribution is 7.91. The molecule has 0 bridgehead atoms. The summed E-state index contributed by atoms with van der Waals surface area (Å²) in [5.74, 6) is -0.908. The van der Waals surface area contributed by atoms with E-state index in [0.29, 0.717) is 43.6 Å². The van der Waals surface area contributed by atoms with Gasteiger partial charge in [-0.2, -0.15) is 8.70 Å². The summed E-state index contributed by atoms with van der Waals surface area (Å²) in [6.07, 6.45) is 3.74. The van der Waals surface area contributed by atoms with Crippen molar-refractivity contribution in [3.8, 4) is 0 Å². The molecule has 3 rings (SSSR count). The summed E-state index contributed by atoms with van der Waals surface area (Å²) in [6, 6.07) is 1.87. The molecule has 2 fully saturated rings. The first-order valence-electron chi connectivity index (χ1n) is 7.38. The average Bonchev–Trinajstić information content (AvgIpc) is 2.93. The zero-order chi connectivity index (χ0) is 16.0. The quantitative estimate of drug-likeness (QED) is 0.912. The predicted octanol–water partition coefficient (Wildman–Crippen LogP) is 2.69. The molecule has 0 aromatic carbocycles. The first kappa shape index (κ1) is 15.9. The molecule has 0 spiro atoms. The fourth-order valence-electron chi connectivity index (χ4n) is 3.83. The number of halogens is 1. The first-order chi connectivity index (χ1) is 10.4. The van der Waals surface area contributed by atoms with Crippen LogP contribution in [0.5, 0.6) is 0 Å². The van der Waals surface area contributed by atoms with Gasteiger partial charge in [-0.25, -0.2) is 8.42 Å². The molecule has 1 aromatic heterocycles. The van der Waals surface area contributed by atoms with E-state index in [1.54, 1.807) is 0 Å². The first-order valence-corrected chi connectivity index (χ1v) is 9.64. The zero-order valence-corrected chi connectivity index (χ0v) is 13.6. The minimum Gasteiger partial charge on any atom is -0.481 e. The van der Waals surface area contributed by atoms with E-state index < -0.39 is 32.6 Å². The molecule has 0 amide bonds. The van der Waals surface area contributed by atoms with Crippen molar-refractivity contribution in [1.29, 1.82) is 0 Å². The van der Waals surface area contributed by atoms with Gasteiger partial charge in [0.15, 0.2) is 5.13 Å². The van der Waals surface area contributed by atoms with E-state index in [1.165, 1.54) is 10.4 Å². The van der Waals surface area contributed by atoms with Crippen LogP contribution in [0.2, 0.25) is 0 Å². The maximum Gasteiger partial charge on any atom is 0.311 e. The molecule has 2 heterocycles. The van der Waals surface area contributed by atoms with Crippen LogP contribution in [0.1, 0.15) is 38.5 Å². The second-order valence-electron chi connectivity index (χ2n) is 6.00. The molecule has 1 saturated carbocycles. The summed E-state index contributed by atoms with van der Waals surface area (Å²) in [5, 5.41) is 9.15. The molecule has 2 atom stereocenters. The Morgan fingerprint density at radius 1 is 1.32 bits per heavy atom. The van der Waals surface area contributed by atoms with Gasteiger partial charge >= 0.3 is 5.97 Å². The SMILES string of the molecule is O=C(O)[C@]12CCCC[C@@H]1N(S(=O)(=O)c1ccc(F)s1)CCC2. The smallest absolute Gasteiger partial charge is 0.311 e. The number of carboxylic acids is 1. The fourth-order valence-corrected chi connectivity index (χ4v) is 6.73. The number of rotatable bonds is 3. The summed E-state index contributed by atoms with van der Waals surface area (Å²) in [5.41, 5.74) is -0.987. The van der Waals surface area contributed by atoms with Crippen LogP contribution in [0.25, 0.3) is 0 Å². The summed E-state index contributed by atoms with van der Waals surface area (Å²) in [7, 11) is -3.83. The van der Waals surface area contributed by atoms with Crippen LogP contribution in [0.3, 0.4) is 0 Å². The number of aliphatic carboxylic acids is 1. The van der Waals surface area contributed by atoms with E-state index >= 15 is 0 Å². The lowest BCUT2D eigenvalue weighted by atomic mass is 9.66. The Morgan fingerprint density at radius 3 is 2.68 bits per heavy atom. The van der Waals surface area contributed by atoms with Crippen molar-refractivity contribution in [2.45, 2.75) is 48.8 Å². The Bertz CT molecular complexity index is 683. The summed E-state index contributed by atoms with van der Waals surface area (Å²) in [6.45, 7) is 0.307. The minimum absolute atomic E-state index is 0.0447. The molecule has 5 nitrogen and oxygen atoms in total. The second-order valence-corrected chi connectivity index (χ2v) is 9.15. The van der Waals surface area contributed by atoms with Crippen LogP contribution in [-0.4, -0.2) is 36.4 Å². The highest BCUT2D eigenvalue weighted by Gasteiger charge is 2.54. The number of thiophene rings is 1. The molecule has 1 aromatic rings. The maximum absolute atomic E-state index is 13.2. The van der Waals surface area contributed by atoms with Crippen molar-refractivity contribution >= 4 is 27.3 Å². The number of sulfonamides is 1. The minimum atomic E-state index is -3.83. The van der Waals surface area contributed by atoms with E-state index in [2.05, 4.69) is 0 Å². The van der Waals surface area contributed by atoms with Gasteiger partial charge in [-0.3, -0.25) is 4.79 Å². The lowest BCUT2D eigenvalue weighted by Gasteiger charge is -2.49. The Kier molecular flexibility index (Phi) is 4.03. The molecular formula is C14H18FNO4S2. The summed E-state index contributed by atoms with van der Waals surface area (Å²) in [4.78, 5) is 11.8. The normalized spacial score (nSPS) is 30.0. The van der Waals surface area contributed by atoms with E-state index in [9.17, 15) is 22.7 Å². The lowest BCUT2D eigenvalue weighted by molar-refractivity contribution is -0.157. The van der Waals surface area contributed by atoms with Crippen LogP contribution in [0, 0.1) is 10.5 Å². The van der Waals surface area contributed by atoms with Crippen LogP contribution >= 0.6 is 11.3 Å². The molecule has 2 aliphatic rings.